The third kappa shape index (κ3) is 3.05. The molecule has 0 bridgehead atoms. The fraction of sp³-hybridized carbons (Fsp3) is 0.385. The van der Waals surface area contributed by atoms with Crippen LogP contribution in [0.5, 0.6) is 0 Å². The third-order valence-electron chi connectivity index (χ3n) is 2.74. The van der Waals surface area contributed by atoms with E-state index in [9.17, 15) is 4.79 Å². The quantitative estimate of drug-likeness (QED) is 0.888. The Bertz CT molecular complexity index is 574. The van der Waals surface area contributed by atoms with Gasteiger partial charge in [0.25, 0.3) is 5.56 Å². The molecule has 0 aliphatic carbocycles. The Morgan fingerprint density at radius 3 is 2.94 bits per heavy atom. The van der Waals surface area contributed by atoms with Crippen molar-refractivity contribution in [2.75, 3.05) is 6.61 Å². The average Bonchev–Trinajstić information content (AvgIpc) is 2.70. The Labute approximate surface area is 110 Å². The Kier molecular flexibility index (Phi) is 4.28. The molecule has 0 aromatic carbocycles. The lowest BCUT2D eigenvalue weighted by molar-refractivity contribution is 0.300. The van der Waals surface area contributed by atoms with Gasteiger partial charge in [-0.25, -0.2) is 4.98 Å². The number of aryl methyl sites for hydroxylation is 3. The summed E-state index contributed by atoms with van der Waals surface area (Å²) in [6.45, 7) is 2.76. The van der Waals surface area contributed by atoms with Gasteiger partial charge < -0.3 is 9.67 Å². The average molecular weight is 264 g/mol. The van der Waals surface area contributed by atoms with Crippen molar-refractivity contribution in [2.24, 2.45) is 0 Å². The molecule has 0 saturated heterocycles. The van der Waals surface area contributed by atoms with E-state index in [0.29, 0.717) is 13.0 Å². The summed E-state index contributed by atoms with van der Waals surface area (Å²) in [5, 5.41) is 9.95. The molecule has 18 heavy (non-hydrogen) atoms. The second kappa shape index (κ2) is 5.93. The normalized spacial score (nSPS) is 10.8. The first-order valence-corrected chi connectivity index (χ1v) is 6.74. The van der Waals surface area contributed by atoms with E-state index in [-0.39, 0.29) is 12.2 Å². The number of pyridine rings is 1. The van der Waals surface area contributed by atoms with Crippen LogP contribution in [-0.4, -0.2) is 21.3 Å². The number of nitrogens with zero attached hydrogens (tertiary/aromatic N) is 2. The number of aliphatic hydroxyl groups is 1. The lowest BCUT2D eigenvalue weighted by Crippen LogP contribution is -2.18. The Morgan fingerprint density at radius 1 is 1.39 bits per heavy atom. The van der Waals surface area contributed by atoms with Crippen LogP contribution in [0.3, 0.4) is 0 Å². The first-order chi connectivity index (χ1) is 8.70. The largest absolute Gasteiger partial charge is 0.396 e. The van der Waals surface area contributed by atoms with Crippen LogP contribution >= 0.6 is 11.3 Å². The summed E-state index contributed by atoms with van der Waals surface area (Å²) in [5.74, 6) is 0. The van der Waals surface area contributed by atoms with Gasteiger partial charge in [-0.05, 0) is 13.0 Å². The van der Waals surface area contributed by atoms with Gasteiger partial charge in [0.15, 0.2) is 0 Å². The molecule has 2 aromatic heterocycles. The number of aromatic nitrogens is 2. The standard InChI is InChI=1S/C13H16N2O2S/c1-10-11(6-9-16)18-12(14-10)5-8-15-7-3-2-4-13(15)17/h2-4,7,16H,5-6,8-9H2,1H3. The minimum absolute atomic E-state index is 0.0151. The van der Waals surface area contributed by atoms with Crippen LogP contribution < -0.4 is 5.56 Å². The molecular weight excluding hydrogens is 248 g/mol. The van der Waals surface area contributed by atoms with Gasteiger partial charge in [0.05, 0.1) is 10.7 Å². The van der Waals surface area contributed by atoms with Gasteiger partial charge in [-0.2, -0.15) is 0 Å². The maximum Gasteiger partial charge on any atom is 0.250 e. The molecule has 0 radical (unpaired) electrons. The van der Waals surface area contributed by atoms with Gasteiger partial charge in [0, 0.05) is 43.1 Å². The van der Waals surface area contributed by atoms with Gasteiger partial charge in [-0.3, -0.25) is 4.79 Å². The predicted molar refractivity (Wildman–Crippen MR) is 72.0 cm³/mol. The molecule has 0 fully saturated rings. The molecule has 96 valence electrons. The highest BCUT2D eigenvalue weighted by Crippen LogP contribution is 2.19. The maximum atomic E-state index is 11.5. The fourth-order valence-electron chi connectivity index (χ4n) is 1.79. The third-order valence-corrected chi connectivity index (χ3v) is 4.02. The van der Waals surface area contributed by atoms with Gasteiger partial charge in [0.1, 0.15) is 0 Å². The summed E-state index contributed by atoms with van der Waals surface area (Å²) in [4.78, 5) is 17.1. The lowest BCUT2D eigenvalue weighted by Gasteiger charge is -2.02. The lowest BCUT2D eigenvalue weighted by atomic mass is 10.3. The van der Waals surface area contributed by atoms with Crippen molar-refractivity contribution in [1.29, 1.82) is 0 Å². The summed E-state index contributed by atoms with van der Waals surface area (Å²) < 4.78 is 1.68. The van der Waals surface area contributed by atoms with Crippen LogP contribution in [0, 0.1) is 6.92 Å². The molecule has 0 aliphatic rings. The first kappa shape index (κ1) is 13.0. The highest BCUT2D eigenvalue weighted by molar-refractivity contribution is 7.11. The smallest absolute Gasteiger partial charge is 0.250 e. The highest BCUT2D eigenvalue weighted by Gasteiger charge is 2.07. The van der Waals surface area contributed by atoms with E-state index in [1.54, 1.807) is 34.2 Å². The van der Waals surface area contributed by atoms with E-state index in [4.69, 9.17) is 5.11 Å². The van der Waals surface area contributed by atoms with E-state index < -0.39 is 0 Å². The second-order valence-electron chi connectivity index (χ2n) is 4.07. The number of rotatable bonds is 5. The van der Waals surface area contributed by atoms with Gasteiger partial charge in [-0.15, -0.1) is 11.3 Å². The number of aliphatic hydroxyl groups excluding tert-OH is 1. The molecule has 0 unspecified atom stereocenters. The summed E-state index contributed by atoms with van der Waals surface area (Å²) in [6, 6.07) is 5.15. The molecule has 0 spiro atoms. The van der Waals surface area contributed by atoms with E-state index in [2.05, 4.69) is 4.98 Å². The molecule has 0 amide bonds. The van der Waals surface area contributed by atoms with Crippen molar-refractivity contribution in [3.8, 4) is 0 Å². The second-order valence-corrected chi connectivity index (χ2v) is 5.24. The molecule has 0 atom stereocenters. The van der Waals surface area contributed by atoms with Crippen LogP contribution in [-0.2, 0) is 19.4 Å². The zero-order valence-electron chi connectivity index (χ0n) is 10.3. The number of hydrogen-bond acceptors (Lipinski definition) is 4. The van der Waals surface area contributed by atoms with Crippen molar-refractivity contribution in [3.63, 3.8) is 0 Å². The van der Waals surface area contributed by atoms with Crippen molar-refractivity contribution < 1.29 is 5.11 Å². The van der Waals surface area contributed by atoms with Crippen molar-refractivity contribution in [3.05, 3.63) is 50.3 Å². The van der Waals surface area contributed by atoms with E-state index in [1.165, 1.54) is 0 Å². The number of hydrogen-bond donors (Lipinski definition) is 1. The summed E-state index contributed by atoms with van der Waals surface area (Å²) in [6.07, 6.45) is 3.20. The summed E-state index contributed by atoms with van der Waals surface area (Å²) in [7, 11) is 0. The Morgan fingerprint density at radius 2 is 2.22 bits per heavy atom. The van der Waals surface area contributed by atoms with Crippen molar-refractivity contribution >= 4 is 11.3 Å². The molecule has 2 heterocycles. The molecule has 5 heteroatoms. The zero-order chi connectivity index (χ0) is 13.0. The van der Waals surface area contributed by atoms with E-state index in [0.717, 1.165) is 22.0 Å². The molecule has 0 saturated carbocycles. The fourth-order valence-corrected chi connectivity index (χ4v) is 2.84. The molecule has 0 aliphatic heterocycles. The minimum Gasteiger partial charge on any atom is -0.396 e. The van der Waals surface area contributed by atoms with Gasteiger partial charge >= 0.3 is 0 Å². The zero-order valence-corrected chi connectivity index (χ0v) is 11.1. The molecular formula is C13H16N2O2S. The first-order valence-electron chi connectivity index (χ1n) is 5.92. The van der Waals surface area contributed by atoms with Crippen LogP contribution in [0.2, 0.25) is 0 Å². The summed E-state index contributed by atoms with van der Waals surface area (Å²) in [5.41, 5.74) is 1.01. The van der Waals surface area contributed by atoms with Crippen LogP contribution in [0.4, 0.5) is 0 Å². The van der Waals surface area contributed by atoms with E-state index in [1.807, 2.05) is 13.0 Å². The minimum atomic E-state index is 0.0151. The highest BCUT2D eigenvalue weighted by atomic mass is 32.1. The molecule has 2 aromatic rings. The summed E-state index contributed by atoms with van der Waals surface area (Å²) >= 11 is 1.62. The number of thiazole rings is 1. The van der Waals surface area contributed by atoms with Crippen LogP contribution in [0.25, 0.3) is 0 Å². The van der Waals surface area contributed by atoms with Crippen molar-refractivity contribution in [1.82, 2.24) is 9.55 Å². The topological polar surface area (TPSA) is 55.1 Å². The van der Waals surface area contributed by atoms with Crippen LogP contribution in [0.1, 0.15) is 15.6 Å². The molecule has 1 N–H and O–H groups in total. The molecule has 4 nitrogen and oxygen atoms in total. The van der Waals surface area contributed by atoms with Crippen LogP contribution in [0.15, 0.2) is 29.2 Å². The van der Waals surface area contributed by atoms with Crippen molar-refractivity contribution in [2.45, 2.75) is 26.3 Å². The monoisotopic (exact) mass is 264 g/mol. The Balaban J connectivity index is 2.04. The SMILES string of the molecule is Cc1nc(CCn2ccccc2=O)sc1CCO. The predicted octanol–water partition coefficient (Wildman–Crippen LogP) is 1.39. The van der Waals surface area contributed by atoms with Gasteiger partial charge in [0.2, 0.25) is 0 Å². The Hall–Kier alpha value is -1.46. The van der Waals surface area contributed by atoms with E-state index >= 15 is 0 Å². The van der Waals surface area contributed by atoms with Gasteiger partial charge in [-0.1, -0.05) is 6.07 Å². The molecule has 2 rings (SSSR count). The maximum absolute atomic E-state index is 11.5.